The van der Waals surface area contributed by atoms with Gasteiger partial charge in [-0.15, -0.1) is 0 Å². The van der Waals surface area contributed by atoms with Crippen LogP contribution in [0, 0.1) is 0 Å². The van der Waals surface area contributed by atoms with Crippen LogP contribution in [0.15, 0.2) is 18.2 Å². The van der Waals surface area contributed by atoms with Crippen LogP contribution in [-0.2, 0) is 4.79 Å². The van der Waals surface area contributed by atoms with Gasteiger partial charge >= 0.3 is 5.97 Å². The van der Waals surface area contributed by atoms with E-state index in [4.69, 9.17) is 27.9 Å². The number of carbonyl (C=O) groups is 1. The molecule has 1 fully saturated rings. The van der Waals surface area contributed by atoms with Crippen molar-refractivity contribution in [2.24, 2.45) is 0 Å². The Kier molecular flexibility index (Phi) is 3.71. The van der Waals surface area contributed by atoms with Crippen LogP contribution >= 0.6 is 34.7 Å². The molecule has 1 aliphatic rings. The molecule has 0 radical (unpaired) electrons. The first-order valence-corrected chi connectivity index (χ1v) is 7.73. The third kappa shape index (κ3) is 2.55. The summed E-state index contributed by atoms with van der Waals surface area (Å²) >= 11 is 13.8. The molecule has 3 rings (SSSR count). The Balaban J connectivity index is 2.15. The summed E-state index contributed by atoms with van der Waals surface area (Å²) in [7, 11) is 0. The predicted octanol–water partition coefficient (Wildman–Crippen LogP) is 4.92. The molecular formula is C14H11Cl2NO2S. The van der Waals surface area contributed by atoms with Crippen molar-refractivity contribution in [2.75, 3.05) is 0 Å². The number of aromatic nitrogens is 1. The van der Waals surface area contributed by atoms with Crippen LogP contribution in [-0.4, -0.2) is 10.3 Å². The lowest BCUT2D eigenvalue weighted by Gasteiger charge is -2.08. The Morgan fingerprint density at radius 2 is 2.00 bits per heavy atom. The fraction of sp³-hybridized carbons (Fsp3) is 0.286. The van der Waals surface area contributed by atoms with Crippen molar-refractivity contribution in [2.45, 2.75) is 25.7 Å². The lowest BCUT2D eigenvalue weighted by Crippen LogP contribution is -2.03. The summed E-state index contributed by atoms with van der Waals surface area (Å²) in [5.41, 5.74) is 1.18. The van der Waals surface area contributed by atoms with E-state index in [9.17, 15) is 4.79 Å². The van der Waals surface area contributed by atoms with Gasteiger partial charge in [-0.2, -0.15) is 4.37 Å². The van der Waals surface area contributed by atoms with E-state index in [1.54, 1.807) is 18.2 Å². The van der Waals surface area contributed by atoms with Gasteiger partial charge in [-0.3, -0.25) is 4.79 Å². The van der Waals surface area contributed by atoms with Crippen LogP contribution in [0.4, 0.5) is 0 Å². The summed E-state index contributed by atoms with van der Waals surface area (Å²) in [4.78, 5) is 12.4. The Morgan fingerprint density at radius 3 is 2.55 bits per heavy atom. The standard InChI is InChI=1S/C14H11Cl2NO2S/c1-7(18)19-13-12(17-20-14(13)8-5-6-8)11-9(15)3-2-4-10(11)16/h2-4,8H,5-6H2,1H3. The molecule has 0 N–H and O–H groups in total. The van der Waals surface area contributed by atoms with Crippen LogP contribution in [0.2, 0.25) is 10.0 Å². The zero-order valence-corrected chi connectivity index (χ0v) is 13.0. The number of esters is 1. The highest BCUT2D eigenvalue weighted by Gasteiger charge is 2.33. The van der Waals surface area contributed by atoms with Gasteiger partial charge in [-0.25, -0.2) is 0 Å². The maximum absolute atomic E-state index is 11.3. The van der Waals surface area contributed by atoms with E-state index in [-0.39, 0.29) is 5.97 Å². The Hall–Kier alpha value is -1.10. The fourth-order valence-corrected chi connectivity index (χ4v) is 3.57. The van der Waals surface area contributed by atoms with Crippen LogP contribution in [0.5, 0.6) is 5.75 Å². The molecule has 0 bridgehead atoms. The number of halogens is 2. The molecular weight excluding hydrogens is 317 g/mol. The molecule has 1 aliphatic carbocycles. The fourth-order valence-electron chi connectivity index (χ4n) is 2.03. The summed E-state index contributed by atoms with van der Waals surface area (Å²) in [6.45, 7) is 1.38. The first-order valence-electron chi connectivity index (χ1n) is 6.20. The molecule has 0 aliphatic heterocycles. The smallest absolute Gasteiger partial charge is 0.308 e. The number of carbonyl (C=O) groups excluding carboxylic acids is 1. The van der Waals surface area contributed by atoms with Gasteiger partial charge in [0.25, 0.3) is 0 Å². The number of ether oxygens (including phenoxy) is 1. The van der Waals surface area contributed by atoms with E-state index < -0.39 is 0 Å². The molecule has 0 unspecified atom stereocenters. The van der Waals surface area contributed by atoms with E-state index in [0.717, 1.165) is 17.7 Å². The number of hydrogen-bond acceptors (Lipinski definition) is 4. The van der Waals surface area contributed by atoms with Gasteiger partial charge < -0.3 is 4.74 Å². The lowest BCUT2D eigenvalue weighted by atomic mass is 10.1. The Morgan fingerprint density at radius 1 is 1.35 bits per heavy atom. The SMILES string of the molecule is CC(=O)Oc1c(-c2c(Cl)cccc2Cl)nsc1C1CC1. The molecule has 20 heavy (non-hydrogen) atoms. The highest BCUT2D eigenvalue weighted by molar-refractivity contribution is 7.06. The van der Waals surface area contributed by atoms with Crippen molar-refractivity contribution in [3.63, 3.8) is 0 Å². The van der Waals surface area contributed by atoms with Crippen molar-refractivity contribution in [1.82, 2.24) is 4.37 Å². The normalized spacial score (nSPS) is 14.3. The molecule has 1 aromatic carbocycles. The second kappa shape index (κ2) is 5.35. The second-order valence-electron chi connectivity index (χ2n) is 4.69. The number of nitrogens with zero attached hydrogens (tertiary/aromatic N) is 1. The zero-order chi connectivity index (χ0) is 14.3. The van der Waals surface area contributed by atoms with Gasteiger partial charge in [0.05, 0.1) is 14.9 Å². The Bertz CT molecular complexity index is 660. The summed E-state index contributed by atoms with van der Waals surface area (Å²) < 4.78 is 9.79. The zero-order valence-electron chi connectivity index (χ0n) is 10.7. The van der Waals surface area contributed by atoms with E-state index in [0.29, 0.717) is 33.0 Å². The summed E-state index contributed by atoms with van der Waals surface area (Å²) in [6, 6.07) is 5.26. The molecule has 0 amide bonds. The quantitative estimate of drug-likeness (QED) is 0.751. The van der Waals surface area contributed by atoms with Crippen LogP contribution < -0.4 is 4.74 Å². The van der Waals surface area contributed by atoms with E-state index in [2.05, 4.69) is 4.37 Å². The van der Waals surface area contributed by atoms with Crippen molar-refractivity contribution in [3.8, 4) is 17.0 Å². The third-order valence-corrected chi connectivity index (χ3v) is 4.69. The Labute approximate surface area is 130 Å². The summed E-state index contributed by atoms with van der Waals surface area (Å²) in [5.74, 6) is 0.591. The minimum atomic E-state index is -0.364. The van der Waals surface area contributed by atoms with Crippen molar-refractivity contribution in [1.29, 1.82) is 0 Å². The van der Waals surface area contributed by atoms with E-state index in [1.165, 1.54) is 18.5 Å². The topological polar surface area (TPSA) is 39.2 Å². The molecule has 3 nitrogen and oxygen atoms in total. The van der Waals surface area contributed by atoms with Crippen LogP contribution in [0.25, 0.3) is 11.3 Å². The molecule has 104 valence electrons. The molecule has 0 saturated heterocycles. The van der Waals surface area contributed by atoms with Gasteiger partial charge in [-0.1, -0.05) is 29.3 Å². The lowest BCUT2D eigenvalue weighted by molar-refractivity contribution is -0.131. The molecule has 6 heteroatoms. The largest absolute Gasteiger partial charge is 0.423 e. The third-order valence-electron chi connectivity index (χ3n) is 3.07. The van der Waals surface area contributed by atoms with Gasteiger partial charge in [0, 0.05) is 12.5 Å². The van der Waals surface area contributed by atoms with Gasteiger partial charge in [-0.05, 0) is 42.4 Å². The molecule has 1 saturated carbocycles. The second-order valence-corrected chi connectivity index (χ2v) is 6.31. The number of rotatable bonds is 3. The predicted molar refractivity (Wildman–Crippen MR) is 80.9 cm³/mol. The van der Waals surface area contributed by atoms with Crippen LogP contribution in [0.1, 0.15) is 30.6 Å². The van der Waals surface area contributed by atoms with Gasteiger partial charge in [0.2, 0.25) is 0 Å². The van der Waals surface area contributed by atoms with Crippen molar-refractivity contribution in [3.05, 3.63) is 33.1 Å². The van der Waals surface area contributed by atoms with Gasteiger partial charge in [0.1, 0.15) is 5.69 Å². The monoisotopic (exact) mass is 327 g/mol. The molecule has 2 aromatic rings. The van der Waals surface area contributed by atoms with Crippen LogP contribution in [0.3, 0.4) is 0 Å². The average Bonchev–Trinajstić information content (AvgIpc) is 3.13. The molecule has 1 heterocycles. The average molecular weight is 328 g/mol. The van der Waals surface area contributed by atoms with Gasteiger partial charge in [0.15, 0.2) is 5.75 Å². The minimum absolute atomic E-state index is 0.364. The molecule has 0 spiro atoms. The van der Waals surface area contributed by atoms with E-state index >= 15 is 0 Å². The maximum Gasteiger partial charge on any atom is 0.308 e. The van der Waals surface area contributed by atoms with Crippen molar-refractivity contribution >= 4 is 40.7 Å². The molecule has 0 atom stereocenters. The van der Waals surface area contributed by atoms with Crippen molar-refractivity contribution < 1.29 is 9.53 Å². The minimum Gasteiger partial charge on any atom is -0.423 e. The highest BCUT2D eigenvalue weighted by Crippen LogP contribution is 2.51. The molecule has 1 aromatic heterocycles. The van der Waals surface area contributed by atoms with E-state index in [1.807, 2.05) is 0 Å². The number of benzene rings is 1. The maximum atomic E-state index is 11.3. The first kappa shape index (κ1) is 13.9. The summed E-state index contributed by atoms with van der Waals surface area (Å²) in [5, 5.41) is 0.997. The highest BCUT2D eigenvalue weighted by atomic mass is 35.5. The first-order chi connectivity index (χ1) is 9.58. The summed E-state index contributed by atoms with van der Waals surface area (Å²) in [6.07, 6.45) is 2.21. The number of hydrogen-bond donors (Lipinski definition) is 0.